The summed E-state index contributed by atoms with van der Waals surface area (Å²) in [4.78, 5) is 21.9. The van der Waals surface area contributed by atoms with Crippen molar-refractivity contribution in [2.24, 2.45) is 0 Å². The van der Waals surface area contributed by atoms with E-state index in [1.54, 1.807) is 12.4 Å². The molecule has 4 nitrogen and oxygen atoms in total. The van der Waals surface area contributed by atoms with Crippen molar-refractivity contribution < 1.29 is 4.79 Å². The van der Waals surface area contributed by atoms with Crippen LogP contribution in [0.5, 0.6) is 0 Å². The maximum Gasteiger partial charge on any atom is 0.179 e. The summed E-state index contributed by atoms with van der Waals surface area (Å²) in [6, 6.07) is 4.34. The Kier molecular flexibility index (Phi) is 2.88. The number of pyridine rings is 1. The summed E-state index contributed by atoms with van der Waals surface area (Å²) in [6.45, 7) is 3.74. The second kappa shape index (κ2) is 4.53. The van der Waals surface area contributed by atoms with Gasteiger partial charge in [-0.3, -0.25) is 9.69 Å². The quantitative estimate of drug-likeness (QED) is 0.841. The van der Waals surface area contributed by atoms with Crippen molar-refractivity contribution in [1.82, 2.24) is 14.9 Å². The zero-order chi connectivity index (χ0) is 12.5. The molecular weight excluding hydrogens is 226 g/mol. The van der Waals surface area contributed by atoms with E-state index in [1.807, 2.05) is 12.1 Å². The minimum Gasteiger partial charge on any atom is -0.345 e. The number of hydrogen-bond donors (Lipinski definition) is 1. The van der Waals surface area contributed by atoms with E-state index in [0.29, 0.717) is 12.6 Å². The lowest BCUT2D eigenvalue weighted by Gasteiger charge is -2.19. The molecule has 0 aliphatic carbocycles. The van der Waals surface area contributed by atoms with Crippen LogP contribution in [0.25, 0.3) is 11.0 Å². The fraction of sp³-hybridized carbons (Fsp3) is 0.429. The number of nitrogens with one attached hydrogen (secondary N) is 1. The second-order valence-corrected chi connectivity index (χ2v) is 4.99. The van der Waals surface area contributed by atoms with Crippen LogP contribution in [0.3, 0.4) is 0 Å². The molecule has 1 unspecified atom stereocenters. The highest BCUT2D eigenvalue weighted by Crippen LogP contribution is 2.20. The molecule has 1 atom stereocenters. The number of likely N-dealkylation sites (tertiary alicyclic amines) is 1. The van der Waals surface area contributed by atoms with Gasteiger partial charge in [0.1, 0.15) is 5.65 Å². The lowest BCUT2D eigenvalue weighted by Crippen LogP contribution is -2.32. The van der Waals surface area contributed by atoms with Gasteiger partial charge in [0.15, 0.2) is 5.78 Å². The van der Waals surface area contributed by atoms with Crippen molar-refractivity contribution in [3.05, 3.63) is 30.1 Å². The fourth-order valence-corrected chi connectivity index (χ4v) is 2.68. The zero-order valence-electron chi connectivity index (χ0n) is 10.5. The monoisotopic (exact) mass is 243 g/mol. The molecule has 0 aromatic carbocycles. The molecule has 3 rings (SSSR count). The maximum atomic E-state index is 12.3. The molecule has 0 radical (unpaired) electrons. The summed E-state index contributed by atoms with van der Waals surface area (Å²) in [6.07, 6.45) is 5.91. The minimum absolute atomic E-state index is 0.183. The van der Waals surface area contributed by atoms with Gasteiger partial charge in [0.2, 0.25) is 0 Å². The van der Waals surface area contributed by atoms with E-state index in [0.717, 1.165) is 23.1 Å². The average Bonchev–Trinajstić information content (AvgIpc) is 2.96. The Morgan fingerprint density at radius 2 is 2.50 bits per heavy atom. The highest BCUT2D eigenvalue weighted by atomic mass is 16.1. The number of aromatic amines is 1. The molecule has 94 valence electrons. The number of carbonyl (C=O) groups excluding carboxylic acids is 1. The Morgan fingerprint density at radius 1 is 1.61 bits per heavy atom. The van der Waals surface area contributed by atoms with Crippen LogP contribution in [0.4, 0.5) is 0 Å². The van der Waals surface area contributed by atoms with Gasteiger partial charge >= 0.3 is 0 Å². The maximum absolute atomic E-state index is 12.3. The molecule has 4 heteroatoms. The highest BCUT2D eigenvalue weighted by Gasteiger charge is 2.23. The van der Waals surface area contributed by atoms with Crippen LogP contribution < -0.4 is 0 Å². The molecule has 1 aliphatic rings. The van der Waals surface area contributed by atoms with Crippen LogP contribution in [0, 0.1) is 0 Å². The average molecular weight is 243 g/mol. The molecule has 1 fully saturated rings. The Morgan fingerprint density at radius 3 is 3.28 bits per heavy atom. The third-order valence-electron chi connectivity index (χ3n) is 3.79. The van der Waals surface area contributed by atoms with Crippen molar-refractivity contribution >= 4 is 16.8 Å². The van der Waals surface area contributed by atoms with Crippen molar-refractivity contribution in [3.8, 4) is 0 Å². The SMILES string of the molecule is CC1CCCN1CC(=O)c1c[nH]c2ncccc12. The molecular formula is C14H17N3O. The lowest BCUT2D eigenvalue weighted by molar-refractivity contribution is 0.0928. The zero-order valence-corrected chi connectivity index (χ0v) is 10.5. The molecule has 0 saturated carbocycles. The van der Waals surface area contributed by atoms with Crippen LogP contribution in [0.2, 0.25) is 0 Å². The third-order valence-corrected chi connectivity index (χ3v) is 3.79. The molecule has 1 N–H and O–H groups in total. The van der Waals surface area contributed by atoms with Crippen LogP contribution in [-0.4, -0.2) is 39.8 Å². The van der Waals surface area contributed by atoms with E-state index in [2.05, 4.69) is 21.8 Å². The number of nitrogens with zero attached hydrogens (tertiary/aromatic N) is 2. The topological polar surface area (TPSA) is 49.0 Å². The highest BCUT2D eigenvalue weighted by molar-refractivity contribution is 6.08. The van der Waals surface area contributed by atoms with E-state index >= 15 is 0 Å². The second-order valence-electron chi connectivity index (χ2n) is 4.99. The van der Waals surface area contributed by atoms with Gasteiger partial charge < -0.3 is 4.98 Å². The van der Waals surface area contributed by atoms with Crippen LogP contribution in [-0.2, 0) is 0 Å². The van der Waals surface area contributed by atoms with E-state index in [4.69, 9.17) is 0 Å². The smallest absolute Gasteiger partial charge is 0.179 e. The standard InChI is InChI=1S/C14H17N3O/c1-10-4-3-7-17(10)9-13(18)12-8-16-14-11(12)5-2-6-15-14/h2,5-6,8,10H,3-4,7,9H2,1H3,(H,15,16). The van der Waals surface area contributed by atoms with Crippen LogP contribution in [0.1, 0.15) is 30.1 Å². The van der Waals surface area contributed by atoms with E-state index in [-0.39, 0.29) is 5.78 Å². The molecule has 0 bridgehead atoms. The Bertz CT molecular complexity index is 575. The summed E-state index contributed by atoms with van der Waals surface area (Å²) in [7, 11) is 0. The third kappa shape index (κ3) is 1.93. The first-order valence-corrected chi connectivity index (χ1v) is 6.45. The molecule has 1 aliphatic heterocycles. The van der Waals surface area contributed by atoms with Gasteiger partial charge in [-0.1, -0.05) is 0 Å². The largest absolute Gasteiger partial charge is 0.345 e. The lowest BCUT2D eigenvalue weighted by atomic mass is 10.1. The molecule has 2 aromatic rings. The van der Waals surface area contributed by atoms with Crippen molar-refractivity contribution in [3.63, 3.8) is 0 Å². The van der Waals surface area contributed by atoms with Gasteiger partial charge in [-0.2, -0.15) is 0 Å². The number of fused-ring (bicyclic) bond motifs is 1. The number of H-pyrrole nitrogens is 1. The van der Waals surface area contributed by atoms with Gasteiger partial charge in [-0.05, 0) is 38.4 Å². The van der Waals surface area contributed by atoms with E-state index in [9.17, 15) is 4.79 Å². The first kappa shape index (κ1) is 11.4. The van der Waals surface area contributed by atoms with Gasteiger partial charge in [-0.25, -0.2) is 4.98 Å². The predicted octanol–water partition coefficient (Wildman–Crippen LogP) is 2.23. The number of ketones is 1. The van der Waals surface area contributed by atoms with Crippen molar-refractivity contribution in [1.29, 1.82) is 0 Å². The first-order chi connectivity index (χ1) is 8.75. The van der Waals surface area contributed by atoms with Gasteiger partial charge in [0, 0.05) is 29.4 Å². The van der Waals surface area contributed by atoms with Gasteiger partial charge in [0.05, 0.1) is 6.54 Å². The number of rotatable bonds is 3. The Hall–Kier alpha value is -1.68. The summed E-state index contributed by atoms with van der Waals surface area (Å²) in [5.41, 5.74) is 1.55. The molecule has 0 amide bonds. The first-order valence-electron chi connectivity index (χ1n) is 6.45. The van der Waals surface area contributed by atoms with Gasteiger partial charge in [-0.15, -0.1) is 0 Å². The summed E-state index contributed by atoms with van der Waals surface area (Å²) >= 11 is 0. The van der Waals surface area contributed by atoms with E-state index in [1.165, 1.54) is 12.8 Å². The van der Waals surface area contributed by atoms with Crippen LogP contribution >= 0.6 is 0 Å². The normalized spacial score (nSPS) is 20.6. The van der Waals surface area contributed by atoms with Gasteiger partial charge in [0.25, 0.3) is 0 Å². The molecule has 3 heterocycles. The number of aromatic nitrogens is 2. The number of hydrogen-bond acceptors (Lipinski definition) is 3. The number of carbonyl (C=O) groups is 1. The summed E-state index contributed by atoms with van der Waals surface area (Å²) < 4.78 is 0. The minimum atomic E-state index is 0.183. The molecule has 2 aromatic heterocycles. The summed E-state index contributed by atoms with van der Waals surface area (Å²) in [5.74, 6) is 0.183. The molecule has 0 spiro atoms. The fourth-order valence-electron chi connectivity index (χ4n) is 2.68. The predicted molar refractivity (Wildman–Crippen MR) is 70.7 cm³/mol. The van der Waals surface area contributed by atoms with Crippen molar-refractivity contribution in [2.75, 3.05) is 13.1 Å². The molecule has 18 heavy (non-hydrogen) atoms. The number of Topliss-reactive ketones (excluding diaryl/α,β-unsaturated/α-hetero) is 1. The van der Waals surface area contributed by atoms with Crippen LogP contribution in [0.15, 0.2) is 24.5 Å². The summed E-state index contributed by atoms with van der Waals surface area (Å²) in [5, 5.41) is 0.925. The molecule has 1 saturated heterocycles. The van der Waals surface area contributed by atoms with Crippen molar-refractivity contribution in [2.45, 2.75) is 25.8 Å². The van der Waals surface area contributed by atoms with E-state index < -0.39 is 0 Å². The Labute approximate surface area is 106 Å². The Balaban J connectivity index is 1.84.